The van der Waals surface area contributed by atoms with Crippen LogP contribution in [0.4, 0.5) is 5.69 Å². The number of hydrogen-bond acceptors (Lipinski definition) is 4. The summed E-state index contributed by atoms with van der Waals surface area (Å²) < 4.78 is 27.4. The standard InChI is InChI=1S/C23H23N3O3S/c27-23(15-12-20-7-4-16-24-18-20)25-17-5-6-19-10-13-22(14-11-19)30(28,29)26-21-8-2-1-3-9-21/h1-4,7-16,18,26H,5-6,17H2,(H,25,27)/b15-12+. The Kier molecular flexibility index (Phi) is 7.34. The van der Waals surface area contributed by atoms with E-state index in [-0.39, 0.29) is 10.8 Å². The van der Waals surface area contributed by atoms with Crippen LogP contribution >= 0.6 is 0 Å². The molecule has 0 saturated heterocycles. The fourth-order valence-electron chi connectivity index (χ4n) is 2.77. The Hall–Kier alpha value is -3.45. The summed E-state index contributed by atoms with van der Waals surface area (Å²) in [5.74, 6) is -0.160. The summed E-state index contributed by atoms with van der Waals surface area (Å²) in [6.45, 7) is 0.534. The van der Waals surface area contributed by atoms with Crippen molar-refractivity contribution in [2.75, 3.05) is 11.3 Å². The number of pyridine rings is 1. The SMILES string of the molecule is O=C(/C=C/c1cccnc1)NCCCc1ccc(S(=O)(=O)Nc2ccccc2)cc1. The maximum absolute atomic E-state index is 12.4. The highest BCUT2D eigenvalue weighted by Crippen LogP contribution is 2.16. The molecule has 2 N–H and O–H groups in total. The normalized spacial score (nSPS) is 11.3. The monoisotopic (exact) mass is 421 g/mol. The van der Waals surface area contributed by atoms with Crippen molar-refractivity contribution < 1.29 is 13.2 Å². The molecule has 0 aliphatic rings. The minimum Gasteiger partial charge on any atom is -0.353 e. The van der Waals surface area contributed by atoms with E-state index in [2.05, 4.69) is 15.0 Å². The van der Waals surface area contributed by atoms with Gasteiger partial charge in [0.05, 0.1) is 4.90 Å². The molecule has 7 heteroatoms. The van der Waals surface area contributed by atoms with Gasteiger partial charge < -0.3 is 5.32 Å². The largest absolute Gasteiger partial charge is 0.353 e. The molecular weight excluding hydrogens is 398 g/mol. The minimum atomic E-state index is -3.61. The van der Waals surface area contributed by atoms with E-state index in [1.807, 2.05) is 18.2 Å². The Bertz CT molecular complexity index is 1080. The number of hydrogen-bond donors (Lipinski definition) is 2. The number of rotatable bonds is 9. The summed E-state index contributed by atoms with van der Waals surface area (Å²) in [6.07, 6.45) is 8.05. The summed E-state index contributed by atoms with van der Waals surface area (Å²) >= 11 is 0. The Labute approximate surface area is 176 Å². The van der Waals surface area contributed by atoms with E-state index in [4.69, 9.17) is 0 Å². The van der Waals surface area contributed by atoms with Gasteiger partial charge >= 0.3 is 0 Å². The second kappa shape index (κ2) is 10.4. The van der Waals surface area contributed by atoms with Gasteiger partial charge in [0.25, 0.3) is 10.0 Å². The van der Waals surface area contributed by atoms with Crippen LogP contribution in [0, 0.1) is 0 Å². The summed E-state index contributed by atoms with van der Waals surface area (Å²) in [7, 11) is -3.61. The van der Waals surface area contributed by atoms with E-state index in [0.717, 1.165) is 24.0 Å². The number of para-hydroxylation sites is 1. The molecule has 0 aliphatic carbocycles. The van der Waals surface area contributed by atoms with Gasteiger partial charge in [-0.05, 0) is 60.4 Å². The third kappa shape index (κ3) is 6.56. The summed E-state index contributed by atoms with van der Waals surface area (Å²) in [5.41, 5.74) is 2.40. The van der Waals surface area contributed by atoms with Gasteiger partial charge in [0.2, 0.25) is 5.91 Å². The topological polar surface area (TPSA) is 88.2 Å². The number of nitrogens with one attached hydrogen (secondary N) is 2. The van der Waals surface area contributed by atoms with Crippen molar-refractivity contribution >= 4 is 27.7 Å². The first-order chi connectivity index (χ1) is 14.5. The van der Waals surface area contributed by atoms with Crippen molar-refractivity contribution in [2.45, 2.75) is 17.7 Å². The molecule has 3 aromatic rings. The number of carbonyl (C=O) groups excluding carboxylic acids is 1. The Balaban J connectivity index is 1.44. The number of carbonyl (C=O) groups is 1. The number of amides is 1. The van der Waals surface area contributed by atoms with Crippen LogP contribution in [-0.2, 0) is 21.2 Å². The fourth-order valence-corrected chi connectivity index (χ4v) is 3.82. The van der Waals surface area contributed by atoms with Crippen LogP contribution in [-0.4, -0.2) is 25.9 Å². The van der Waals surface area contributed by atoms with E-state index in [1.165, 1.54) is 6.08 Å². The van der Waals surface area contributed by atoms with E-state index < -0.39 is 10.0 Å². The molecule has 0 atom stereocenters. The van der Waals surface area contributed by atoms with Crippen LogP contribution in [0.5, 0.6) is 0 Å². The lowest BCUT2D eigenvalue weighted by atomic mass is 10.1. The van der Waals surface area contributed by atoms with Crippen molar-refractivity contribution in [3.05, 3.63) is 96.3 Å². The highest BCUT2D eigenvalue weighted by Gasteiger charge is 2.13. The van der Waals surface area contributed by atoms with Gasteiger partial charge in [-0.3, -0.25) is 14.5 Å². The average molecular weight is 422 g/mol. The quantitative estimate of drug-likeness (QED) is 0.408. The molecule has 30 heavy (non-hydrogen) atoms. The first-order valence-electron chi connectivity index (χ1n) is 9.56. The van der Waals surface area contributed by atoms with Crippen molar-refractivity contribution in [3.8, 4) is 0 Å². The molecular formula is C23H23N3O3S. The van der Waals surface area contributed by atoms with Crippen LogP contribution in [0.3, 0.4) is 0 Å². The molecule has 154 valence electrons. The Morgan fingerprint density at radius 1 is 0.967 bits per heavy atom. The molecule has 1 heterocycles. The van der Waals surface area contributed by atoms with Gasteiger partial charge in [-0.2, -0.15) is 0 Å². The van der Waals surface area contributed by atoms with Crippen LogP contribution in [0.1, 0.15) is 17.5 Å². The third-order valence-electron chi connectivity index (χ3n) is 4.31. The molecule has 1 amide bonds. The van der Waals surface area contributed by atoms with E-state index in [9.17, 15) is 13.2 Å². The fraction of sp³-hybridized carbons (Fsp3) is 0.130. The molecule has 0 spiro atoms. The van der Waals surface area contributed by atoms with Crippen LogP contribution < -0.4 is 10.0 Å². The first kappa shape index (κ1) is 21.3. The molecule has 1 aromatic heterocycles. The van der Waals surface area contributed by atoms with Gasteiger partial charge in [-0.1, -0.05) is 36.4 Å². The maximum atomic E-state index is 12.4. The zero-order valence-corrected chi connectivity index (χ0v) is 17.2. The second-order valence-electron chi connectivity index (χ2n) is 6.63. The van der Waals surface area contributed by atoms with Gasteiger partial charge in [-0.15, -0.1) is 0 Å². The molecule has 0 unspecified atom stereocenters. The summed E-state index contributed by atoms with van der Waals surface area (Å²) in [5, 5.41) is 2.83. The summed E-state index contributed by atoms with van der Waals surface area (Å²) in [4.78, 5) is 16.0. The minimum absolute atomic E-state index is 0.160. The maximum Gasteiger partial charge on any atom is 0.261 e. The molecule has 0 radical (unpaired) electrons. The molecule has 0 saturated carbocycles. The number of anilines is 1. The number of sulfonamides is 1. The predicted octanol–water partition coefficient (Wildman–Crippen LogP) is 3.64. The van der Waals surface area contributed by atoms with Crippen LogP contribution in [0.25, 0.3) is 6.08 Å². The van der Waals surface area contributed by atoms with Gasteiger partial charge in [-0.25, -0.2) is 8.42 Å². The molecule has 0 bridgehead atoms. The number of benzene rings is 2. The lowest BCUT2D eigenvalue weighted by Crippen LogP contribution is -2.22. The van der Waals surface area contributed by atoms with Crippen LogP contribution in [0.15, 0.2) is 90.1 Å². The number of aromatic nitrogens is 1. The van der Waals surface area contributed by atoms with E-state index in [1.54, 1.807) is 67.0 Å². The van der Waals surface area contributed by atoms with Gasteiger partial charge in [0.1, 0.15) is 0 Å². The smallest absolute Gasteiger partial charge is 0.261 e. The highest BCUT2D eigenvalue weighted by atomic mass is 32.2. The van der Waals surface area contributed by atoms with Crippen molar-refractivity contribution in [1.29, 1.82) is 0 Å². The van der Waals surface area contributed by atoms with E-state index in [0.29, 0.717) is 12.2 Å². The number of aryl methyl sites for hydroxylation is 1. The van der Waals surface area contributed by atoms with E-state index >= 15 is 0 Å². The molecule has 2 aromatic carbocycles. The second-order valence-corrected chi connectivity index (χ2v) is 8.31. The van der Waals surface area contributed by atoms with Gasteiger partial charge in [0.15, 0.2) is 0 Å². The summed E-state index contributed by atoms with van der Waals surface area (Å²) in [6, 6.07) is 19.2. The van der Waals surface area contributed by atoms with Gasteiger partial charge in [0, 0.05) is 30.7 Å². The van der Waals surface area contributed by atoms with Crippen molar-refractivity contribution in [2.24, 2.45) is 0 Å². The molecule has 0 fully saturated rings. The third-order valence-corrected chi connectivity index (χ3v) is 5.71. The zero-order valence-electron chi connectivity index (χ0n) is 16.4. The number of nitrogens with zero attached hydrogens (tertiary/aromatic N) is 1. The first-order valence-corrected chi connectivity index (χ1v) is 11.0. The Morgan fingerprint density at radius 2 is 1.73 bits per heavy atom. The van der Waals surface area contributed by atoms with Crippen molar-refractivity contribution in [3.63, 3.8) is 0 Å². The average Bonchev–Trinajstić information content (AvgIpc) is 2.77. The lowest BCUT2D eigenvalue weighted by molar-refractivity contribution is -0.116. The Morgan fingerprint density at radius 3 is 2.43 bits per heavy atom. The predicted molar refractivity (Wildman–Crippen MR) is 118 cm³/mol. The van der Waals surface area contributed by atoms with Crippen LogP contribution in [0.2, 0.25) is 0 Å². The molecule has 6 nitrogen and oxygen atoms in total. The van der Waals surface area contributed by atoms with Crippen molar-refractivity contribution in [1.82, 2.24) is 10.3 Å². The molecule has 3 rings (SSSR count). The molecule has 0 aliphatic heterocycles. The highest BCUT2D eigenvalue weighted by molar-refractivity contribution is 7.92. The lowest BCUT2D eigenvalue weighted by Gasteiger charge is -2.09. The zero-order chi connectivity index (χ0) is 21.2.